The van der Waals surface area contributed by atoms with Crippen molar-refractivity contribution in [2.45, 2.75) is 103 Å². The average Bonchev–Trinajstić information content (AvgIpc) is 3.27. The summed E-state index contributed by atoms with van der Waals surface area (Å²) in [5, 5.41) is 0. The van der Waals surface area contributed by atoms with Crippen molar-refractivity contribution >= 4 is 57.4 Å². The summed E-state index contributed by atoms with van der Waals surface area (Å²) in [6.45, 7) is 19.2. The standard InChI is InChI=1S/C56H55BN4O/c1-53(2)27-29-55(5,6)44-32-39(20-23-42(44)53)60(40-21-24-43-45(33-40)56(7,8)30-28-54(43,3)4)41-22-26-46-48(34-41)61(38-17-13-10-14-18-38)51-50-52(59-35-58-51)62-49-31-37(19-25-47(49)57(46)50)36-15-11-9-12-16-36/h9-26,31-35H,27-30H2,1-8H3. The van der Waals surface area contributed by atoms with E-state index in [2.05, 4.69) is 199 Å². The molecule has 0 fully saturated rings. The van der Waals surface area contributed by atoms with E-state index in [0.717, 1.165) is 63.5 Å². The third kappa shape index (κ3) is 6.04. The Morgan fingerprint density at radius 1 is 0.516 bits per heavy atom. The van der Waals surface area contributed by atoms with Gasteiger partial charge in [-0.2, -0.15) is 0 Å². The first-order valence-electron chi connectivity index (χ1n) is 22.5. The van der Waals surface area contributed by atoms with Crippen LogP contribution >= 0.6 is 0 Å². The van der Waals surface area contributed by atoms with Crippen LogP contribution in [-0.4, -0.2) is 16.7 Å². The van der Waals surface area contributed by atoms with E-state index >= 15 is 0 Å². The zero-order valence-corrected chi connectivity index (χ0v) is 37.4. The number of hydrogen-bond acceptors (Lipinski definition) is 5. The van der Waals surface area contributed by atoms with Crippen molar-refractivity contribution in [1.82, 2.24) is 9.97 Å². The van der Waals surface area contributed by atoms with Crippen molar-refractivity contribution in [1.29, 1.82) is 0 Å². The van der Waals surface area contributed by atoms with Gasteiger partial charge in [0, 0.05) is 33.9 Å². The van der Waals surface area contributed by atoms with Gasteiger partial charge in [-0.3, -0.25) is 4.90 Å². The van der Waals surface area contributed by atoms with E-state index in [1.807, 2.05) is 0 Å². The summed E-state index contributed by atoms with van der Waals surface area (Å²) in [7, 11) is 0. The summed E-state index contributed by atoms with van der Waals surface area (Å²) in [6, 6.07) is 49.5. The molecule has 7 aromatic rings. The van der Waals surface area contributed by atoms with Crippen molar-refractivity contribution in [2.24, 2.45) is 0 Å². The molecule has 2 aliphatic carbocycles. The maximum atomic E-state index is 6.73. The first-order chi connectivity index (χ1) is 29.7. The third-order valence-corrected chi connectivity index (χ3v) is 15.0. The van der Waals surface area contributed by atoms with Crippen molar-refractivity contribution in [3.8, 4) is 22.8 Å². The molecule has 0 radical (unpaired) electrons. The van der Waals surface area contributed by atoms with Gasteiger partial charge in [-0.05, 0) is 146 Å². The van der Waals surface area contributed by atoms with Gasteiger partial charge in [0.1, 0.15) is 17.9 Å². The largest absolute Gasteiger partial charge is 0.440 e. The average molecular weight is 811 g/mol. The van der Waals surface area contributed by atoms with E-state index in [9.17, 15) is 0 Å². The molecule has 0 bridgehead atoms. The molecule has 0 saturated carbocycles. The highest BCUT2D eigenvalue weighted by Crippen LogP contribution is 2.51. The van der Waals surface area contributed by atoms with Crippen LogP contribution in [0.3, 0.4) is 0 Å². The first kappa shape index (κ1) is 38.8. The van der Waals surface area contributed by atoms with E-state index in [-0.39, 0.29) is 28.4 Å². The molecule has 62 heavy (non-hydrogen) atoms. The van der Waals surface area contributed by atoms with Crippen LogP contribution in [0.4, 0.5) is 34.3 Å². The summed E-state index contributed by atoms with van der Waals surface area (Å²) in [6.07, 6.45) is 6.34. The zero-order valence-electron chi connectivity index (χ0n) is 37.4. The van der Waals surface area contributed by atoms with Crippen LogP contribution < -0.4 is 30.9 Å². The predicted molar refractivity (Wildman–Crippen MR) is 259 cm³/mol. The lowest BCUT2D eigenvalue weighted by Gasteiger charge is -2.43. The maximum Gasteiger partial charge on any atom is 0.260 e. The molecule has 0 N–H and O–H groups in total. The van der Waals surface area contributed by atoms with E-state index in [1.54, 1.807) is 6.33 Å². The second kappa shape index (κ2) is 13.7. The SMILES string of the molecule is CC1(C)CCC(C)(C)c2cc(N(c3ccc4c(c3)N(c3ccccc3)c3ncnc5c3B4c3ccc(-c4ccccc4)cc3O5)c3ccc4c(c3)C(C)(C)CCC4(C)C)ccc21. The molecule has 0 unspecified atom stereocenters. The number of hydrogen-bond donors (Lipinski definition) is 0. The van der Waals surface area contributed by atoms with Gasteiger partial charge < -0.3 is 9.64 Å². The Bertz CT molecular complexity index is 2840. The van der Waals surface area contributed by atoms with Crippen LogP contribution in [0, 0.1) is 0 Å². The van der Waals surface area contributed by atoms with Crippen molar-refractivity contribution in [3.63, 3.8) is 0 Å². The summed E-state index contributed by atoms with van der Waals surface area (Å²) >= 11 is 0. The van der Waals surface area contributed by atoms with Crippen molar-refractivity contribution < 1.29 is 4.74 Å². The second-order valence-corrected chi connectivity index (χ2v) is 20.8. The molecule has 6 heteroatoms. The molecule has 0 amide bonds. The predicted octanol–water partition coefficient (Wildman–Crippen LogP) is 12.7. The number of fused-ring (bicyclic) bond motifs is 6. The first-order valence-corrected chi connectivity index (χ1v) is 22.5. The Hall–Kier alpha value is -6.14. The second-order valence-electron chi connectivity index (χ2n) is 20.8. The Morgan fingerprint density at radius 2 is 1.05 bits per heavy atom. The van der Waals surface area contributed by atoms with Gasteiger partial charge in [0.25, 0.3) is 6.71 Å². The van der Waals surface area contributed by atoms with Crippen LogP contribution in [0.2, 0.25) is 0 Å². The van der Waals surface area contributed by atoms with E-state index in [1.165, 1.54) is 51.9 Å². The van der Waals surface area contributed by atoms with Crippen molar-refractivity contribution in [2.75, 3.05) is 9.80 Å². The molecule has 0 atom stereocenters. The molecular weight excluding hydrogens is 755 g/mol. The minimum atomic E-state index is -0.120. The fourth-order valence-corrected chi connectivity index (χ4v) is 11.1. The van der Waals surface area contributed by atoms with Gasteiger partial charge in [0.2, 0.25) is 5.88 Å². The van der Waals surface area contributed by atoms with E-state index in [0.29, 0.717) is 5.88 Å². The lowest BCUT2D eigenvalue weighted by molar-refractivity contribution is 0.332. The van der Waals surface area contributed by atoms with Gasteiger partial charge in [-0.1, -0.05) is 134 Å². The summed E-state index contributed by atoms with van der Waals surface area (Å²) < 4.78 is 6.73. The molecule has 4 aliphatic rings. The van der Waals surface area contributed by atoms with Crippen LogP contribution in [-0.2, 0) is 21.7 Å². The normalized spacial score (nSPS) is 18.0. The topological polar surface area (TPSA) is 41.5 Å². The molecule has 3 heterocycles. The number of ether oxygens (including phenoxy) is 1. The summed E-state index contributed by atoms with van der Waals surface area (Å²) in [5.74, 6) is 2.28. The Labute approximate surface area is 367 Å². The Kier molecular flexibility index (Phi) is 8.55. The van der Waals surface area contributed by atoms with Gasteiger partial charge in [0.15, 0.2) is 0 Å². The van der Waals surface area contributed by atoms with Gasteiger partial charge >= 0.3 is 0 Å². The lowest BCUT2D eigenvalue weighted by Crippen LogP contribution is -2.60. The molecule has 0 spiro atoms. The van der Waals surface area contributed by atoms with Crippen LogP contribution in [0.15, 0.2) is 140 Å². The molecule has 1 aromatic heterocycles. The van der Waals surface area contributed by atoms with Crippen LogP contribution in [0.5, 0.6) is 11.6 Å². The minimum Gasteiger partial charge on any atom is -0.440 e. The van der Waals surface area contributed by atoms with E-state index < -0.39 is 0 Å². The fourth-order valence-electron chi connectivity index (χ4n) is 11.1. The van der Waals surface area contributed by atoms with Crippen LogP contribution in [0.25, 0.3) is 11.1 Å². The van der Waals surface area contributed by atoms with E-state index in [4.69, 9.17) is 14.7 Å². The highest BCUT2D eigenvalue weighted by molar-refractivity contribution is 6.99. The van der Waals surface area contributed by atoms with Gasteiger partial charge in [0.05, 0.1) is 0 Å². The Balaban J connectivity index is 1.15. The molecule has 5 nitrogen and oxygen atoms in total. The minimum absolute atomic E-state index is 0.0618. The zero-order chi connectivity index (χ0) is 42.8. The molecule has 308 valence electrons. The maximum absolute atomic E-state index is 6.73. The molecule has 0 saturated heterocycles. The number of para-hydroxylation sites is 1. The highest BCUT2D eigenvalue weighted by Gasteiger charge is 2.44. The fraction of sp³-hybridized carbons (Fsp3) is 0.286. The lowest BCUT2D eigenvalue weighted by atomic mass is 9.34. The summed E-state index contributed by atoms with van der Waals surface area (Å²) in [5.41, 5.74) is 17.4. The Morgan fingerprint density at radius 3 is 1.66 bits per heavy atom. The molecule has 2 aliphatic heterocycles. The van der Waals surface area contributed by atoms with Gasteiger partial charge in [-0.25, -0.2) is 9.97 Å². The van der Waals surface area contributed by atoms with Crippen LogP contribution in [0.1, 0.15) is 103 Å². The van der Waals surface area contributed by atoms with Gasteiger partial charge in [-0.15, -0.1) is 0 Å². The molecule has 6 aromatic carbocycles. The smallest absolute Gasteiger partial charge is 0.260 e. The van der Waals surface area contributed by atoms with Crippen molar-refractivity contribution in [3.05, 3.63) is 162 Å². The number of anilines is 6. The molecule has 11 rings (SSSR count). The number of nitrogens with zero attached hydrogens (tertiary/aromatic N) is 4. The number of benzene rings is 6. The summed E-state index contributed by atoms with van der Waals surface area (Å²) in [4.78, 5) is 14.7. The molecular formula is C56H55BN4O. The highest BCUT2D eigenvalue weighted by atomic mass is 16.5. The number of aromatic nitrogens is 2. The third-order valence-electron chi connectivity index (χ3n) is 15.0. The number of rotatable bonds is 5. The monoisotopic (exact) mass is 810 g/mol. The quantitative estimate of drug-likeness (QED) is 0.162.